The van der Waals surface area contributed by atoms with Gasteiger partial charge >= 0.3 is 0 Å². The Balaban J connectivity index is 1.50. The second-order valence-corrected chi connectivity index (χ2v) is 6.70. The molecule has 1 fully saturated rings. The number of nitrogens with one attached hydrogen (secondary N) is 1. The molecule has 0 spiro atoms. The van der Waals surface area contributed by atoms with E-state index in [0.29, 0.717) is 38.4 Å². The molecule has 2 heterocycles. The number of aromatic nitrogens is 1. The van der Waals surface area contributed by atoms with Crippen LogP contribution in [-0.4, -0.2) is 59.5 Å². The Bertz CT molecular complexity index is 807. The molecule has 1 aliphatic rings. The summed E-state index contributed by atoms with van der Waals surface area (Å²) >= 11 is 0. The van der Waals surface area contributed by atoms with Gasteiger partial charge in [-0.1, -0.05) is 17.3 Å². The zero-order valence-corrected chi connectivity index (χ0v) is 15.4. The van der Waals surface area contributed by atoms with Gasteiger partial charge in [0.2, 0.25) is 11.7 Å². The molecule has 1 aliphatic heterocycles. The summed E-state index contributed by atoms with van der Waals surface area (Å²) in [5.74, 6) is 0.0815. The third kappa shape index (κ3) is 4.11. The van der Waals surface area contributed by atoms with E-state index < -0.39 is 0 Å². The van der Waals surface area contributed by atoms with Crippen LogP contribution in [0.3, 0.4) is 0 Å². The smallest absolute Gasteiger partial charge is 0.292 e. The topological polar surface area (TPSA) is 78.7 Å². The van der Waals surface area contributed by atoms with Crippen LogP contribution in [-0.2, 0) is 4.79 Å². The molecule has 1 aromatic heterocycles. The van der Waals surface area contributed by atoms with E-state index in [9.17, 15) is 9.59 Å². The van der Waals surface area contributed by atoms with E-state index in [1.54, 1.807) is 17.9 Å². The van der Waals surface area contributed by atoms with Crippen LogP contribution < -0.4 is 5.32 Å². The van der Waals surface area contributed by atoms with Crippen molar-refractivity contribution in [2.75, 3.05) is 38.0 Å². The molecule has 2 aromatic rings. The molecule has 138 valence electrons. The highest BCUT2D eigenvalue weighted by Gasteiger charge is 2.25. The second-order valence-electron chi connectivity index (χ2n) is 6.70. The summed E-state index contributed by atoms with van der Waals surface area (Å²) in [7, 11) is 0. The molecular weight excluding hydrogens is 332 g/mol. The number of piperazine rings is 1. The fourth-order valence-electron chi connectivity index (χ4n) is 3.01. The first-order valence-electron chi connectivity index (χ1n) is 8.75. The van der Waals surface area contributed by atoms with Crippen LogP contribution in [0.5, 0.6) is 0 Å². The van der Waals surface area contributed by atoms with Gasteiger partial charge in [-0.25, -0.2) is 0 Å². The van der Waals surface area contributed by atoms with Crippen LogP contribution in [0, 0.1) is 20.8 Å². The number of hydrogen-bond acceptors (Lipinski definition) is 5. The summed E-state index contributed by atoms with van der Waals surface area (Å²) in [6.45, 7) is 8.56. The molecule has 0 aliphatic carbocycles. The standard InChI is InChI=1S/C19H24N4O3/c1-13-5-4-6-16(15(13)3)20-18(24)12-22-7-9-23(10-8-22)19(25)17-11-14(2)21-26-17/h4-6,11H,7-10,12H2,1-3H3,(H,20,24). The highest BCUT2D eigenvalue weighted by atomic mass is 16.5. The Morgan fingerprint density at radius 1 is 1.15 bits per heavy atom. The predicted molar refractivity (Wildman–Crippen MR) is 98.1 cm³/mol. The number of nitrogens with zero attached hydrogens (tertiary/aromatic N) is 3. The zero-order chi connectivity index (χ0) is 18.7. The van der Waals surface area contributed by atoms with E-state index in [4.69, 9.17) is 4.52 Å². The van der Waals surface area contributed by atoms with Crippen LogP contribution in [0.4, 0.5) is 5.69 Å². The number of anilines is 1. The van der Waals surface area contributed by atoms with E-state index >= 15 is 0 Å². The van der Waals surface area contributed by atoms with Crippen LogP contribution in [0.15, 0.2) is 28.8 Å². The summed E-state index contributed by atoms with van der Waals surface area (Å²) in [4.78, 5) is 28.5. The van der Waals surface area contributed by atoms with Crippen molar-refractivity contribution in [3.8, 4) is 0 Å². The SMILES string of the molecule is Cc1cc(C(=O)N2CCN(CC(=O)Nc3cccc(C)c3C)CC2)on1. The van der Waals surface area contributed by atoms with Crippen molar-refractivity contribution in [1.29, 1.82) is 0 Å². The van der Waals surface area contributed by atoms with Crippen LogP contribution in [0.1, 0.15) is 27.4 Å². The molecule has 0 unspecified atom stereocenters. The van der Waals surface area contributed by atoms with Gasteiger partial charge in [0.15, 0.2) is 0 Å². The fraction of sp³-hybridized carbons (Fsp3) is 0.421. The van der Waals surface area contributed by atoms with Gasteiger partial charge in [-0.05, 0) is 38.0 Å². The summed E-state index contributed by atoms with van der Waals surface area (Å²) < 4.78 is 5.04. The zero-order valence-electron chi connectivity index (χ0n) is 15.4. The van der Waals surface area contributed by atoms with Crippen molar-refractivity contribution >= 4 is 17.5 Å². The lowest BCUT2D eigenvalue weighted by Crippen LogP contribution is -2.50. The van der Waals surface area contributed by atoms with Crippen LogP contribution in [0.25, 0.3) is 0 Å². The molecular formula is C19H24N4O3. The van der Waals surface area contributed by atoms with Crippen molar-refractivity contribution in [2.24, 2.45) is 0 Å². The molecule has 3 rings (SSSR count). The average Bonchev–Trinajstić information content (AvgIpc) is 3.05. The van der Waals surface area contributed by atoms with Gasteiger partial charge in [0.25, 0.3) is 5.91 Å². The largest absolute Gasteiger partial charge is 0.351 e. The molecule has 0 atom stereocenters. The summed E-state index contributed by atoms with van der Waals surface area (Å²) in [6, 6.07) is 7.52. The Morgan fingerprint density at radius 2 is 1.88 bits per heavy atom. The molecule has 2 amide bonds. The van der Waals surface area contributed by atoms with Crippen molar-refractivity contribution in [1.82, 2.24) is 15.0 Å². The van der Waals surface area contributed by atoms with E-state index in [0.717, 1.165) is 16.8 Å². The molecule has 26 heavy (non-hydrogen) atoms. The quantitative estimate of drug-likeness (QED) is 0.906. The van der Waals surface area contributed by atoms with Gasteiger partial charge in [0, 0.05) is 37.9 Å². The van der Waals surface area contributed by atoms with Gasteiger partial charge < -0.3 is 14.7 Å². The van der Waals surface area contributed by atoms with Gasteiger partial charge in [0.1, 0.15) is 0 Å². The van der Waals surface area contributed by atoms with Crippen LogP contribution >= 0.6 is 0 Å². The van der Waals surface area contributed by atoms with E-state index in [1.165, 1.54) is 0 Å². The first-order chi connectivity index (χ1) is 12.4. The van der Waals surface area contributed by atoms with Gasteiger partial charge in [-0.3, -0.25) is 14.5 Å². The normalized spacial score (nSPS) is 15.1. The van der Waals surface area contributed by atoms with Crippen molar-refractivity contribution in [3.05, 3.63) is 46.8 Å². The van der Waals surface area contributed by atoms with E-state index in [2.05, 4.69) is 15.4 Å². The summed E-state index contributed by atoms with van der Waals surface area (Å²) in [5, 5.41) is 6.73. The minimum atomic E-state index is -0.148. The minimum absolute atomic E-state index is 0.0377. The molecule has 0 bridgehead atoms. The molecule has 7 nitrogen and oxygen atoms in total. The Hall–Kier alpha value is -2.67. The number of hydrogen-bond donors (Lipinski definition) is 1. The van der Waals surface area contributed by atoms with Crippen molar-refractivity contribution < 1.29 is 14.1 Å². The van der Waals surface area contributed by atoms with Gasteiger partial charge in [-0.2, -0.15) is 0 Å². The monoisotopic (exact) mass is 356 g/mol. The van der Waals surface area contributed by atoms with E-state index in [1.807, 2.05) is 32.0 Å². The fourth-order valence-corrected chi connectivity index (χ4v) is 3.01. The molecule has 1 aromatic carbocycles. The molecule has 1 N–H and O–H groups in total. The first kappa shape index (κ1) is 18.1. The third-order valence-electron chi connectivity index (χ3n) is 4.74. The number of benzene rings is 1. The van der Waals surface area contributed by atoms with E-state index in [-0.39, 0.29) is 17.6 Å². The Kier molecular flexibility index (Phi) is 5.37. The lowest BCUT2D eigenvalue weighted by atomic mass is 10.1. The van der Waals surface area contributed by atoms with Gasteiger partial charge in [0.05, 0.1) is 12.2 Å². The molecule has 7 heteroatoms. The van der Waals surface area contributed by atoms with Crippen molar-refractivity contribution in [2.45, 2.75) is 20.8 Å². The lowest BCUT2D eigenvalue weighted by molar-refractivity contribution is -0.117. The maximum absolute atomic E-state index is 12.3. The average molecular weight is 356 g/mol. The van der Waals surface area contributed by atoms with Crippen LogP contribution in [0.2, 0.25) is 0 Å². The third-order valence-corrected chi connectivity index (χ3v) is 4.74. The van der Waals surface area contributed by atoms with Gasteiger partial charge in [-0.15, -0.1) is 0 Å². The minimum Gasteiger partial charge on any atom is -0.351 e. The highest BCUT2D eigenvalue weighted by molar-refractivity contribution is 5.93. The maximum atomic E-state index is 12.3. The number of rotatable bonds is 4. The molecule has 0 saturated carbocycles. The number of amides is 2. The molecule has 0 radical (unpaired) electrons. The summed E-state index contributed by atoms with van der Waals surface area (Å²) in [5.41, 5.74) is 3.77. The predicted octanol–water partition coefficient (Wildman–Crippen LogP) is 2.00. The molecule has 1 saturated heterocycles. The number of aryl methyl sites for hydroxylation is 2. The first-order valence-corrected chi connectivity index (χ1v) is 8.75. The Morgan fingerprint density at radius 3 is 2.54 bits per heavy atom. The number of carbonyl (C=O) groups is 2. The summed E-state index contributed by atoms with van der Waals surface area (Å²) in [6.07, 6.45) is 0. The maximum Gasteiger partial charge on any atom is 0.292 e. The number of carbonyl (C=O) groups excluding carboxylic acids is 2. The highest BCUT2D eigenvalue weighted by Crippen LogP contribution is 2.18. The second kappa shape index (κ2) is 7.70. The lowest BCUT2D eigenvalue weighted by Gasteiger charge is -2.33. The Labute approximate surface area is 152 Å². The van der Waals surface area contributed by atoms with Crippen molar-refractivity contribution in [3.63, 3.8) is 0 Å².